The monoisotopic (exact) mass is 293 g/mol. The summed E-state index contributed by atoms with van der Waals surface area (Å²) in [4.78, 5) is 29.8. The molecule has 0 bridgehead atoms. The Bertz CT molecular complexity index is 629. The Labute approximate surface area is 117 Å². The number of rotatable bonds is 5. The topological polar surface area (TPSA) is 124 Å². The number of nitro groups is 1. The van der Waals surface area contributed by atoms with Crippen LogP contribution in [0.5, 0.6) is 0 Å². The molecule has 104 valence electrons. The van der Waals surface area contributed by atoms with Crippen LogP contribution in [0.3, 0.4) is 0 Å². The highest BCUT2D eigenvalue weighted by molar-refractivity contribution is 7.09. The van der Waals surface area contributed by atoms with Crippen molar-refractivity contribution in [2.45, 2.75) is 6.42 Å². The second-order valence-corrected chi connectivity index (χ2v) is 4.79. The molecule has 2 aromatic rings. The Balaban J connectivity index is 2.05. The molecule has 2 rings (SSSR count). The van der Waals surface area contributed by atoms with Crippen LogP contribution in [0.2, 0.25) is 0 Å². The summed E-state index contributed by atoms with van der Waals surface area (Å²) in [5.41, 5.74) is 4.98. The van der Waals surface area contributed by atoms with Crippen molar-refractivity contribution >= 4 is 28.7 Å². The smallest absolute Gasteiger partial charge is 0.300 e. The zero-order chi connectivity index (χ0) is 14.5. The maximum Gasteiger partial charge on any atom is 0.300 e. The lowest BCUT2D eigenvalue weighted by Crippen LogP contribution is -2.26. The summed E-state index contributed by atoms with van der Waals surface area (Å²) in [6, 6.07) is 1.19. The molecule has 2 heterocycles. The van der Waals surface area contributed by atoms with Gasteiger partial charge in [-0.2, -0.15) is 0 Å². The first-order chi connectivity index (χ1) is 9.58. The summed E-state index contributed by atoms with van der Waals surface area (Å²) in [5.74, 6) is -0.497. The minimum Gasteiger partial charge on any atom is -0.384 e. The van der Waals surface area contributed by atoms with Crippen LogP contribution in [0.1, 0.15) is 15.4 Å². The number of nitrogens with two attached hydrogens (primary N) is 1. The van der Waals surface area contributed by atoms with Gasteiger partial charge >= 0.3 is 0 Å². The number of carbonyl (C=O) groups excluding carboxylic acids is 1. The molecule has 0 aliphatic rings. The molecule has 0 fully saturated rings. The largest absolute Gasteiger partial charge is 0.384 e. The third-order valence-corrected chi connectivity index (χ3v) is 3.29. The Morgan fingerprint density at radius 1 is 1.50 bits per heavy atom. The minimum atomic E-state index is -0.665. The summed E-state index contributed by atoms with van der Waals surface area (Å²) in [7, 11) is 0. The van der Waals surface area contributed by atoms with E-state index >= 15 is 0 Å². The van der Waals surface area contributed by atoms with E-state index in [1.807, 2.05) is 5.38 Å². The lowest BCUT2D eigenvalue weighted by Gasteiger charge is -2.05. The molecule has 3 N–H and O–H groups in total. The fraction of sp³-hybridized carbons (Fsp3) is 0.182. The first-order valence-corrected chi connectivity index (χ1v) is 6.52. The maximum absolute atomic E-state index is 11.9. The van der Waals surface area contributed by atoms with Crippen molar-refractivity contribution in [2.75, 3.05) is 12.3 Å². The molecule has 0 saturated carbocycles. The molecule has 0 spiro atoms. The fourth-order valence-electron chi connectivity index (χ4n) is 1.55. The number of hydrogen-bond acceptors (Lipinski definition) is 7. The van der Waals surface area contributed by atoms with E-state index < -0.39 is 10.8 Å². The molecule has 0 aromatic carbocycles. The molecule has 0 aliphatic heterocycles. The Morgan fingerprint density at radius 3 is 2.95 bits per heavy atom. The number of nitrogens with one attached hydrogen (secondary N) is 1. The molecule has 2 aromatic heterocycles. The number of aromatic nitrogens is 2. The number of nitrogens with zero attached hydrogens (tertiary/aromatic N) is 3. The average molecular weight is 293 g/mol. The van der Waals surface area contributed by atoms with Crippen molar-refractivity contribution < 1.29 is 9.72 Å². The van der Waals surface area contributed by atoms with E-state index in [1.54, 1.807) is 6.20 Å². The van der Waals surface area contributed by atoms with Crippen molar-refractivity contribution in [1.82, 2.24) is 15.3 Å². The molecule has 0 aliphatic carbocycles. The van der Waals surface area contributed by atoms with Crippen molar-refractivity contribution in [3.8, 4) is 0 Å². The van der Waals surface area contributed by atoms with Gasteiger partial charge in [-0.25, -0.2) is 9.97 Å². The molecular weight excluding hydrogens is 282 g/mol. The second kappa shape index (κ2) is 6.06. The summed E-state index contributed by atoms with van der Waals surface area (Å²) < 4.78 is 0. The molecule has 20 heavy (non-hydrogen) atoms. The van der Waals surface area contributed by atoms with Crippen molar-refractivity contribution in [3.05, 3.63) is 44.5 Å². The van der Waals surface area contributed by atoms with Crippen LogP contribution < -0.4 is 11.1 Å². The molecule has 0 atom stereocenters. The van der Waals surface area contributed by atoms with Gasteiger partial charge < -0.3 is 11.1 Å². The molecule has 8 nitrogen and oxygen atoms in total. The summed E-state index contributed by atoms with van der Waals surface area (Å²) in [5, 5.41) is 16.2. The van der Waals surface area contributed by atoms with Crippen LogP contribution in [-0.2, 0) is 6.42 Å². The lowest BCUT2D eigenvalue weighted by atomic mass is 10.2. The fourth-order valence-corrected chi connectivity index (χ4v) is 2.17. The molecule has 0 unspecified atom stereocenters. The molecule has 1 amide bonds. The molecule has 9 heteroatoms. The van der Waals surface area contributed by atoms with Gasteiger partial charge in [-0.3, -0.25) is 14.9 Å². The zero-order valence-electron chi connectivity index (χ0n) is 10.3. The Hall–Kier alpha value is -2.55. The van der Waals surface area contributed by atoms with Crippen LogP contribution in [0.4, 0.5) is 11.5 Å². The van der Waals surface area contributed by atoms with Gasteiger partial charge in [-0.15, -0.1) is 11.3 Å². The number of anilines is 1. The predicted octanol–water partition coefficient (Wildman–Crippen LogP) is 1.00. The van der Waals surface area contributed by atoms with Gasteiger partial charge in [-0.05, 0) is 6.07 Å². The van der Waals surface area contributed by atoms with E-state index in [9.17, 15) is 14.9 Å². The van der Waals surface area contributed by atoms with E-state index in [0.717, 1.165) is 11.2 Å². The summed E-state index contributed by atoms with van der Waals surface area (Å²) >= 11 is 1.48. The zero-order valence-corrected chi connectivity index (χ0v) is 11.1. The average Bonchev–Trinajstić information content (AvgIpc) is 2.91. The molecule has 0 saturated heterocycles. The van der Waals surface area contributed by atoms with E-state index in [4.69, 9.17) is 5.73 Å². The standard InChI is InChI=1S/C11H11N5O3S/c12-9-5-7(8(6-15-9)16(18)19)11(17)14-2-1-10-13-3-4-20-10/h3-6H,1-2H2,(H2,12,15)(H,14,17). The van der Waals surface area contributed by atoms with Gasteiger partial charge in [0, 0.05) is 24.5 Å². The van der Waals surface area contributed by atoms with E-state index in [0.29, 0.717) is 13.0 Å². The van der Waals surface area contributed by atoms with Crippen molar-refractivity contribution in [3.63, 3.8) is 0 Å². The Kier molecular flexibility index (Phi) is 4.20. The number of nitrogen functional groups attached to an aromatic ring is 1. The number of carbonyl (C=O) groups is 1. The third-order valence-electron chi connectivity index (χ3n) is 2.45. The third kappa shape index (κ3) is 3.26. The lowest BCUT2D eigenvalue weighted by molar-refractivity contribution is -0.385. The maximum atomic E-state index is 11.9. The van der Waals surface area contributed by atoms with Gasteiger partial charge in [0.1, 0.15) is 17.6 Å². The van der Waals surface area contributed by atoms with Crippen LogP contribution in [0, 0.1) is 10.1 Å². The number of amides is 1. The highest BCUT2D eigenvalue weighted by Gasteiger charge is 2.20. The quantitative estimate of drug-likeness (QED) is 0.626. The number of pyridine rings is 1. The van der Waals surface area contributed by atoms with Gasteiger partial charge in [0.25, 0.3) is 11.6 Å². The first kappa shape index (κ1) is 13.9. The SMILES string of the molecule is Nc1cc(C(=O)NCCc2nccs2)c([N+](=O)[O-])cn1. The number of hydrogen-bond donors (Lipinski definition) is 2. The predicted molar refractivity (Wildman–Crippen MR) is 73.5 cm³/mol. The minimum absolute atomic E-state index is 0.0562. The summed E-state index contributed by atoms with van der Waals surface area (Å²) in [6.45, 7) is 0.339. The highest BCUT2D eigenvalue weighted by atomic mass is 32.1. The summed E-state index contributed by atoms with van der Waals surface area (Å²) in [6.07, 6.45) is 3.22. The molecule has 0 radical (unpaired) electrons. The van der Waals surface area contributed by atoms with Crippen molar-refractivity contribution in [2.24, 2.45) is 0 Å². The van der Waals surface area contributed by atoms with E-state index in [2.05, 4.69) is 15.3 Å². The highest BCUT2D eigenvalue weighted by Crippen LogP contribution is 2.18. The van der Waals surface area contributed by atoms with Gasteiger partial charge in [0.15, 0.2) is 0 Å². The number of thiazole rings is 1. The van der Waals surface area contributed by atoms with Gasteiger partial charge in [-0.1, -0.05) is 0 Å². The second-order valence-electron chi connectivity index (χ2n) is 3.82. The van der Waals surface area contributed by atoms with Crippen molar-refractivity contribution in [1.29, 1.82) is 0 Å². The van der Waals surface area contributed by atoms with E-state index in [-0.39, 0.29) is 17.1 Å². The van der Waals surface area contributed by atoms with Crippen LogP contribution >= 0.6 is 11.3 Å². The van der Waals surface area contributed by atoms with E-state index in [1.165, 1.54) is 17.4 Å². The van der Waals surface area contributed by atoms with Crippen LogP contribution in [0.15, 0.2) is 23.8 Å². The van der Waals surface area contributed by atoms with Gasteiger partial charge in [0.05, 0.1) is 9.93 Å². The van der Waals surface area contributed by atoms with Crippen LogP contribution in [0.25, 0.3) is 0 Å². The Morgan fingerprint density at radius 2 is 2.30 bits per heavy atom. The normalized spacial score (nSPS) is 10.2. The van der Waals surface area contributed by atoms with Gasteiger partial charge in [0.2, 0.25) is 0 Å². The van der Waals surface area contributed by atoms with Crippen LogP contribution in [-0.4, -0.2) is 27.3 Å². The molecular formula is C11H11N5O3S. The first-order valence-electron chi connectivity index (χ1n) is 5.64.